The SMILES string of the molecule is CCCN(c1c(F)c(F)nc(F)c1F)C1CC1. The molecule has 0 aromatic carbocycles. The van der Waals surface area contributed by atoms with E-state index in [1.165, 1.54) is 4.90 Å². The maximum Gasteiger partial charge on any atom is 0.253 e. The monoisotopic (exact) mass is 248 g/mol. The smallest absolute Gasteiger partial charge is 0.253 e. The van der Waals surface area contributed by atoms with Crippen molar-refractivity contribution in [3.05, 3.63) is 23.5 Å². The van der Waals surface area contributed by atoms with E-state index in [4.69, 9.17) is 0 Å². The number of nitrogens with zero attached hydrogens (tertiary/aromatic N) is 2. The fraction of sp³-hybridized carbons (Fsp3) is 0.545. The zero-order valence-electron chi connectivity index (χ0n) is 9.31. The summed E-state index contributed by atoms with van der Waals surface area (Å²) in [6.07, 6.45) is 2.20. The Kier molecular flexibility index (Phi) is 3.22. The summed E-state index contributed by atoms with van der Waals surface area (Å²) in [6.45, 7) is 2.19. The van der Waals surface area contributed by atoms with Crippen LogP contribution in [0.4, 0.5) is 23.2 Å². The Labute approximate surface area is 96.3 Å². The van der Waals surface area contributed by atoms with Gasteiger partial charge in [0.05, 0.1) is 0 Å². The Morgan fingerprint density at radius 3 is 2.06 bits per heavy atom. The van der Waals surface area contributed by atoms with Gasteiger partial charge in [0, 0.05) is 12.6 Å². The Hall–Kier alpha value is -1.33. The Bertz CT molecular complexity index is 406. The van der Waals surface area contributed by atoms with Gasteiger partial charge in [0.1, 0.15) is 5.69 Å². The van der Waals surface area contributed by atoms with Crippen molar-refractivity contribution in [1.82, 2.24) is 4.98 Å². The minimum Gasteiger partial charge on any atom is -0.364 e. The second-order valence-electron chi connectivity index (χ2n) is 4.09. The van der Waals surface area contributed by atoms with E-state index in [2.05, 4.69) is 4.98 Å². The van der Waals surface area contributed by atoms with Crippen LogP contribution in [0.1, 0.15) is 26.2 Å². The van der Waals surface area contributed by atoms with Gasteiger partial charge in [0.25, 0.3) is 11.9 Å². The number of aromatic nitrogens is 1. The van der Waals surface area contributed by atoms with Crippen LogP contribution in [0.5, 0.6) is 0 Å². The molecular weight excluding hydrogens is 236 g/mol. The van der Waals surface area contributed by atoms with Crippen LogP contribution in [0.15, 0.2) is 0 Å². The first-order chi connectivity index (χ1) is 8.06. The maximum absolute atomic E-state index is 13.5. The summed E-state index contributed by atoms with van der Waals surface area (Å²) >= 11 is 0. The molecule has 1 aliphatic rings. The molecule has 17 heavy (non-hydrogen) atoms. The molecular formula is C11H12F4N2. The summed E-state index contributed by atoms with van der Waals surface area (Å²) in [7, 11) is 0. The lowest BCUT2D eigenvalue weighted by molar-refractivity contribution is 0.405. The molecule has 0 unspecified atom stereocenters. The average molecular weight is 248 g/mol. The van der Waals surface area contributed by atoms with E-state index < -0.39 is 29.2 Å². The molecule has 0 N–H and O–H groups in total. The standard InChI is InChI=1S/C11H12F4N2/c1-2-5-17(6-3-4-6)9-7(12)10(14)16-11(15)8(9)13/h6H,2-5H2,1H3. The number of hydrogen-bond acceptors (Lipinski definition) is 2. The average Bonchev–Trinajstić information content (AvgIpc) is 3.09. The van der Waals surface area contributed by atoms with Crippen LogP contribution < -0.4 is 4.90 Å². The third-order valence-corrected chi connectivity index (χ3v) is 2.71. The molecule has 2 nitrogen and oxygen atoms in total. The third kappa shape index (κ3) is 2.21. The van der Waals surface area contributed by atoms with Crippen molar-refractivity contribution in [1.29, 1.82) is 0 Å². The molecule has 0 atom stereocenters. The molecule has 1 aromatic heterocycles. The minimum atomic E-state index is -1.60. The molecule has 1 heterocycles. The first-order valence-corrected chi connectivity index (χ1v) is 5.52. The van der Waals surface area contributed by atoms with Gasteiger partial charge < -0.3 is 4.90 Å². The normalized spacial score (nSPS) is 15.1. The third-order valence-electron chi connectivity index (χ3n) is 2.71. The topological polar surface area (TPSA) is 16.1 Å². The van der Waals surface area contributed by atoms with Crippen LogP contribution in [-0.2, 0) is 0 Å². The van der Waals surface area contributed by atoms with E-state index in [0.717, 1.165) is 12.8 Å². The molecule has 0 bridgehead atoms. The fourth-order valence-electron chi connectivity index (χ4n) is 1.83. The largest absolute Gasteiger partial charge is 0.364 e. The second kappa shape index (κ2) is 4.50. The van der Waals surface area contributed by atoms with Crippen LogP contribution >= 0.6 is 0 Å². The summed E-state index contributed by atoms with van der Waals surface area (Å²) < 4.78 is 53.0. The summed E-state index contributed by atoms with van der Waals surface area (Å²) in [4.78, 5) is 3.93. The van der Waals surface area contributed by atoms with Crippen molar-refractivity contribution >= 4 is 5.69 Å². The van der Waals surface area contributed by atoms with E-state index in [1.807, 2.05) is 6.92 Å². The lowest BCUT2D eigenvalue weighted by atomic mass is 10.3. The molecule has 1 fully saturated rings. The van der Waals surface area contributed by atoms with Crippen LogP contribution in [0, 0.1) is 23.5 Å². The van der Waals surface area contributed by atoms with Crippen LogP contribution in [0.3, 0.4) is 0 Å². The molecule has 94 valence electrons. The lowest BCUT2D eigenvalue weighted by Gasteiger charge is -2.24. The van der Waals surface area contributed by atoms with Crippen molar-refractivity contribution in [3.63, 3.8) is 0 Å². The number of halogens is 4. The summed E-state index contributed by atoms with van der Waals surface area (Å²) in [5, 5.41) is 0. The minimum absolute atomic E-state index is 0.0276. The van der Waals surface area contributed by atoms with E-state index in [9.17, 15) is 17.6 Å². The van der Waals surface area contributed by atoms with Crippen molar-refractivity contribution in [2.24, 2.45) is 0 Å². The van der Waals surface area contributed by atoms with Crippen LogP contribution in [-0.4, -0.2) is 17.6 Å². The fourth-order valence-corrected chi connectivity index (χ4v) is 1.83. The maximum atomic E-state index is 13.5. The zero-order chi connectivity index (χ0) is 12.6. The molecule has 0 radical (unpaired) electrons. The number of pyridine rings is 1. The first-order valence-electron chi connectivity index (χ1n) is 5.52. The van der Waals surface area contributed by atoms with Gasteiger partial charge >= 0.3 is 0 Å². The lowest BCUT2D eigenvalue weighted by Crippen LogP contribution is -2.29. The Morgan fingerprint density at radius 1 is 1.12 bits per heavy atom. The van der Waals surface area contributed by atoms with E-state index >= 15 is 0 Å². The highest BCUT2D eigenvalue weighted by atomic mass is 19.2. The van der Waals surface area contributed by atoms with Gasteiger partial charge in [-0.3, -0.25) is 0 Å². The van der Waals surface area contributed by atoms with E-state index in [0.29, 0.717) is 13.0 Å². The quantitative estimate of drug-likeness (QED) is 0.601. The van der Waals surface area contributed by atoms with E-state index in [1.54, 1.807) is 0 Å². The summed E-state index contributed by atoms with van der Waals surface area (Å²) in [6, 6.07) is -0.0276. The van der Waals surface area contributed by atoms with Gasteiger partial charge in [-0.1, -0.05) is 6.92 Å². The highest BCUT2D eigenvalue weighted by molar-refractivity contribution is 5.50. The van der Waals surface area contributed by atoms with Gasteiger partial charge in [-0.2, -0.15) is 22.5 Å². The van der Waals surface area contributed by atoms with Crippen molar-refractivity contribution in [2.75, 3.05) is 11.4 Å². The van der Waals surface area contributed by atoms with Gasteiger partial charge in [0.15, 0.2) is 0 Å². The highest BCUT2D eigenvalue weighted by Crippen LogP contribution is 2.35. The second-order valence-corrected chi connectivity index (χ2v) is 4.09. The van der Waals surface area contributed by atoms with Crippen LogP contribution in [0.25, 0.3) is 0 Å². The molecule has 0 spiro atoms. The van der Waals surface area contributed by atoms with Crippen molar-refractivity contribution < 1.29 is 17.6 Å². The van der Waals surface area contributed by atoms with Crippen molar-refractivity contribution in [3.8, 4) is 0 Å². The highest BCUT2D eigenvalue weighted by Gasteiger charge is 2.34. The van der Waals surface area contributed by atoms with Crippen molar-refractivity contribution in [2.45, 2.75) is 32.2 Å². The molecule has 0 saturated heterocycles. The zero-order valence-corrected chi connectivity index (χ0v) is 9.31. The first kappa shape index (κ1) is 12.1. The van der Waals surface area contributed by atoms with E-state index in [-0.39, 0.29) is 6.04 Å². The molecule has 6 heteroatoms. The number of rotatable bonds is 4. The Balaban J connectivity index is 2.47. The molecule has 0 aliphatic heterocycles. The predicted octanol–water partition coefficient (Wildman–Crippen LogP) is 3.02. The summed E-state index contributed by atoms with van der Waals surface area (Å²) in [5.74, 6) is -6.02. The summed E-state index contributed by atoms with van der Waals surface area (Å²) in [5.41, 5.74) is -0.626. The molecule has 2 rings (SSSR count). The molecule has 1 aromatic rings. The number of anilines is 1. The Morgan fingerprint density at radius 2 is 1.65 bits per heavy atom. The number of hydrogen-bond donors (Lipinski definition) is 0. The van der Waals surface area contributed by atoms with Gasteiger partial charge in [-0.15, -0.1) is 0 Å². The van der Waals surface area contributed by atoms with Crippen LogP contribution in [0.2, 0.25) is 0 Å². The predicted molar refractivity (Wildman–Crippen MR) is 54.7 cm³/mol. The molecule has 1 aliphatic carbocycles. The van der Waals surface area contributed by atoms with Gasteiger partial charge in [-0.25, -0.2) is 0 Å². The molecule has 1 saturated carbocycles. The molecule has 0 amide bonds. The van der Waals surface area contributed by atoms with Gasteiger partial charge in [-0.05, 0) is 19.3 Å². The van der Waals surface area contributed by atoms with Gasteiger partial charge in [0.2, 0.25) is 11.6 Å².